The van der Waals surface area contributed by atoms with Crippen LogP contribution in [0, 0.1) is 0 Å². The summed E-state index contributed by atoms with van der Waals surface area (Å²) in [6.07, 6.45) is 2.55. The minimum Gasteiger partial charge on any atom is -0.456 e. The second kappa shape index (κ2) is 5.42. The molecule has 0 fully saturated rings. The Balaban J connectivity index is 2.24. The lowest BCUT2D eigenvalue weighted by atomic mass is 10.3. The van der Waals surface area contributed by atoms with Crippen molar-refractivity contribution in [2.24, 2.45) is 0 Å². The van der Waals surface area contributed by atoms with E-state index in [1.165, 1.54) is 25.3 Å². The highest BCUT2D eigenvalue weighted by Crippen LogP contribution is 2.23. The van der Waals surface area contributed by atoms with Crippen LogP contribution in [0.5, 0.6) is 11.5 Å². The van der Waals surface area contributed by atoms with Crippen LogP contribution >= 0.6 is 0 Å². The second-order valence-corrected chi connectivity index (χ2v) is 6.30. The molecule has 1 heterocycles. The summed E-state index contributed by atoms with van der Waals surface area (Å²) in [7, 11) is -3.28. The van der Waals surface area contributed by atoms with Crippen molar-refractivity contribution in [3.05, 3.63) is 48.3 Å². The molecule has 5 nitrogen and oxygen atoms in total. The molecule has 0 spiro atoms. The molecule has 2 aromatic rings. The molecule has 0 unspecified atom stereocenters. The van der Waals surface area contributed by atoms with E-state index < -0.39 is 9.84 Å². The third kappa shape index (κ3) is 3.42. The van der Waals surface area contributed by atoms with E-state index in [9.17, 15) is 13.2 Å². The molecule has 1 aromatic carbocycles. The number of pyridine rings is 1. The fraction of sp³-hybridized carbons (Fsp3) is 0.143. The van der Waals surface area contributed by atoms with Gasteiger partial charge in [-0.1, -0.05) is 6.07 Å². The molecule has 0 aliphatic rings. The van der Waals surface area contributed by atoms with Gasteiger partial charge in [0.1, 0.15) is 17.2 Å². The summed E-state index contributed by atoms with van der Waals surface area (Å²) in [5.41, 5.74) is 0.349. The molecule has 0 radical (unpaired) electrons. The van der Waals surface area contributed by atoms with Crippen LogP contribution in [-0.2, 0) is 9.84 Å². The van der Waals surface area contributed by atoms with Gasteiger partial charge in [-0.2, -0.15) is 0 Å². The first-order valence-electron chi connectivity index (χ1n) is 5.81. The summed E-state index contributed by atoms with van der Waals surface area (Å²) < 4.78 is 28.4. The third-order valence-corrected chi connectivity index (χ3v) is 3.68. The van der Waals surface area contributed by atoms with Gasteiger partial charge in [0, 0.05) is 13.2 Å². The largest absolute Gasteiger partial charge is 0.456 e. The first-order chi connectivity index (χ1) is 9.36. The molecule has 2 rings (SSSR count). The summed E-state index contributed by atoms with van der Waals surface area (Å²) in [5, 5.41) is 0. The van der Waals surface area contributed by atoms with Crippen molar-refractivity contribution in [2.45, 2.75) is 11.8 Å². The number of ether oxygens (including phenoxy) is 1. The average Bonchev–Trinajstić information content (AvgIpc) is 2.38. The van der Waals surface area contributed by atoms with Crippen LogP contribution in [-0.4, -0.2) is 25.4 Å². The highest BCUT2D eigenvalue weighted by molar-refractivity contribution is 7.90. The fourth-order valence-electron chi connectivity index (χ4n) is 1.55. The van der Waals surface area contributed by atoms with Gasteiger partial charge in [-0.15, -0.1) is 0 Å². The highest BCUT2D eigenvalue weighted by atomic mass is 32.2. The second-order valence-electron chi connectivity index (χ2n) is 4.28. The topological polar surface area (TPSA) is 73.3 Å². The van der Waals surface area contributed by atoms with E-state index in [1.807, 2.05) is 0 Å². The number of ketones is 1. The SMILES string of the molecule is CC(=O)c1ccc(Oc2cccc(S(C)(=O)=O)c2)cn1. The summed E-state index contributed by atoms with van der Waals surface area (Å²) >= 11 is 0. The summed E-state index contributed by atoms with van der Waals surface area (Å²) in [6, 6.07) is 9.35. The van der Waals surface area contributed by atoms with Gasteiger partial charge >= 0.3 is 0 Å². The molecule has 104 valence electrons. The van der Waals surface area contributed by atoms with Crippen molar-refractivity contribution in [3.8, 4) is 11.5 Å². The van der Waals surface area contributed by atoms with Crippen molar-refractivity contribution in [3.63, 3.8) is 0 Å². The standard InChI is InChI=1S/C14H13NO4S/c1-10(16)14-7-6-12(9-15-14)19-11-4-3-5-13(8-11)20(2,17)18/h3-9H,1-2H3. The van der Waals surface area contributed by atoms with Crippen LogP contribution in [0.15, 0.2) is 47.5 Å². The zero-order valence-corrected chi connectivity index (χ0v) is 11.8. The number of rotatable bonds is 4. The number of nitrogens with zero attached hydrogens (tertiary/aromatic N) is 1. The van der Waals surface area contributed by atoms with E-state index in [0.717, 1.165) is 6.26 Å². The number of hydrogen-bond donors (Lipinski definition) is 0. The van der Waals surface area contributed by atoms with Gasteiger partial charge < -0.3 is 4.74 Å². The van der Waals surface area contributed by atoms with Gasteiger partial charge in [-0.05, 0) is 30.3 Å². The fourth-order valence-corrected chi connectivity index (χ4v) is 2.21. The molecule has 0 atom stereocenters. The normalized spacial score (nSPS) is 11.1. The maximum atomic E-state index is 11.5. The molecule has 0 bridgehead atoms. The van der Waals surface area contributed by atoms with Gasteiger partial charge in [0.25, 0.3) is 0 Å². The number of carbonyl (C=O) groups excluding carboxylic acids is 1. The van der Waals surface area contributed by atoms with Crippen molar-refractivity contribution in [1.29, 1.82) is 0 Å². The van der Waals surface area contributed by atoms with Crippen molar-refractivity contribution in [1.82, 2.24) is 4.98 Å². The Labute approximate surface area is 117 Å². The van der Waals surface area contributed by atoms with Crippen LogP contribution in [0.1, 0.15) is 17.4 Å². The van der Waals surface area contributed by atoms with Crippen molar-refractivity contribution >= 4 is 15.6 Å². The number of sulfone groups is 1. The molecule has 0 aliphatic heterocycles. The number of benzene rings is 1. The first kappa shape index (κ1) is 14.2. The van der Waals surface area contributed by atoms with E-state index in [4.69, 9.17) is 4.74 Å². The van der Waals surface area contributed by atoms with Crippen molar-refractivity contribution < 1.29 is 17.9 Å². The number of aromatic nitrogens is 1. The highest BCUT2D eigenvalue weighted by Gasteiger charge is 2.08. The lowest BCUT2D eigenvalue weighted by Gasteiger charge is -2.07. The smallest absolute Gasteiger partial charge is 0.178 e. The summed E-state index contributed by atoms with van der Waals surface area (Å²) in [5.74, 6) is 0.696. The monoisotopic (exact) mass is 291 g/mol. The Morgan fingerprint density at radius 3 is 2.45 bits per heavy atom. The molecule has 0 N–H and O–H groups in total. The zero-order chi connectivity index (χ0) is 14.8. The minimum atomic E-state index is -3.28. The van der Waals surface area contributed by atoms with Gasteiger partial charge in [0.05, 0.1) is 11.1 Å². The summed E-state index contributed by atoms with van der Waals surface area (Å²) in [6.45, 7) is 1.43. The van der Waals surface area contributed by atoms with Crippen LogP contribution in [0.4, 0.5) is 0 Å². The van der Waals surface area contributed by atoms with E-state index in [1.54, 1.807) is 24.3 Å². The molecular formula is C14H13NO4S. The van der Waals surface area contributed by atoms with Gasteiger partial charge in [-0.3, -0.25) is 4.79 Å². The molecule has 0 saturated heterocycles. The molecule has 20 heavy (non-hydrogen) atoms. The lowest BCUT2D eigenvalue weighted by molar-refractivity contribution is 0.101. The van der Waals surface area contributed by atoms with Crippen LogP contribution in [0.2, 0.25) is 0 Å². The van der Waals surface area contributed by atoms with Crippen LogP contribution in [0.3, 0.4) is 0 Å². The minimum absolute atomic E-state index is 0.129. The molecule has 6 heteroatoms. The molecule has 0 saturated carbocycles. The zero-order valence-electron chi connectivity index (χ0n) is 11.0. The Morgan fingerprint density at radius 2 is 1.90 bits per heavy atom. The first-order valence-corrected chi connectivity index (χ1v) is 7.70. The van der Waals surface area contributed by atoms with Crippen LogP contribution < -0.4 is 4.74 Å². The van der Waals surface area contributed by atoms with E-state index >= 15 is 0 Å². The lowest BCUT2D eigenvalue weighted by Crippen LogP contribution is -1.98. The van der Waals surface area contributed by atoms with Crippen LogP contribution in [0.25, 0.3) is 0 Å². The predicted octanol–water partition coefficient (Wildman–Crippen LogP) is 2.48. The quantitative estimate of drug-likeness (QED) is 0.809. The molecule has 0 amide bonds. The Bertz CT molecular complexity index is 736. The number of Topliss-reactive ketones (excluding diaryl/α,β-unsaturated/α-hetero) is 1. The van der Waals surface area contributed by atoms with Gasteiger partial charge in [0.2, 0.25) is 0 Å². The van der Waals surface area contributed by atoms with E-state index in [2.05, 4.69) is 4.98 Å². The van der Waals surface area contributed by atoms with Crippen molar-refractivity contribution in [2.75, 3.05) is 6.26 Å². The summed E-state index contributed by atoms with van der Waals surface area (Å²) in [4.78, 5) is 15.2. The maximum absolute atomic E-state index is 11.5. The van der Waals surface area contributed by atoms with E-state index in [-0.39, 0.29) is 10.7 Å². The Hall–Kier alpha value is -2.21. The van der Waals surface area contributed by atoms with E-state index in [0.29, 0.717) is 17.2 Å². The van der Waals surface area contributed by atoms with Gasteiger partial charge in [-0.25, -0.2) is 13.4 Å². The third-order valence-electron chi connectivity index (χ3n) is 2.57. The molecular weight excluding hydrogens is 278 g/mol. The number of hydrogen-bond acceptors (Lipinski definition) is 5. The van der Waals surface area contributed by atoms with Gasteiger partial charge in [0.15, 0.2) is 15.6 Å². The predicted molar refractivity (Wildman–Crippen MR) is 73.9 cm³/mol. The molecule has 1 aromatic heterocycles. The molecule has 0 aliphatic carbocycles. The number of carbonyl (C=O) groups is 1. The maximum Gasteiger partial charge on any atom is 0.178 e. The average molecular weight is 291 g/mol. The Kier molecular flexibility index (Phi) is 3.85. The Morgan fingerprint density at radius 1 is 1.15 bits per heavy atom.